The Labute approximate surface area is 105 Å². The van der Waals surface area contributed by atoms with E-state index in [-0.39, 0.29) is 17.3 Å². The van der Waals surface area contributed by atoms with E-state index in [1.807, 2.05) is 13.8 Å². The summed E-state index contributed by atoms with van der Waals surface area (Å²) in [6.07, 6.45) is 3.34. The average Bonchev–Trinajstić information content (AvgIpc) is 3.07. The second-order valence-corrected chi connectivity index (χ2v) is 5.17. The van der Waals surface area contributed by atoms with Gasteiger partial charge < -0.3 is 0 Å². The van der Waals surface area contributed by atoms with Crippen LogP contribution in [0.5, 0.6) is 0 Å². The fourth-order valence-electron chi connectivity index (χ4n) is 2.55. The molecule has 0 bridgehead atoms. The van der Waals surface area contributed by atoms with Crippen LogP contribution < -0.4 is 11.2 Å². The second-order valence-electron chi connectivity index (χ2n) is 5.17. The first-order valence-electron chi connectivity index (χ1n) is 6.56. The van der Waals surface area contributed by atoms with Crippen LogP contribution in [0.1, 0.15) is 44.7 Å². The Kier molecular flexibility index (Phi) is 2.50. The highest BCUT2D eigenvalue weighted by Gasteiger charge is 2.31. The molecule has 18 heavy (non-hydrogen) atoms. The molecule has 0 aromatic carbocycles. The van der Waals surface area contributed by atoms with Crippen LogP contribution in [0.3, 0.4) is 0 Å². The van der Waals surface area contributed by atoms with Gasteiger partial charge in [-0.1, -0.05) is 6.92 Å². The van der Waals surface area contributed by atoms with E-state index in [1.54, 1.807) is 4.57 Å². The lowest BCUT2D eigenvalue weighted by Gasteiger charge is -2.12. The van der Waals surface area contributed by atoms with Crippen molar-refractivity contribution in [2.45, 2.75) is 52.1 Å². The van der Waals surface area contributed by atoms with E-state index in [0.29, 0.717) is 24.3 Å². The van der Waals surface area contributed by atoms with Crippen LogP contribution in [-0.4, -0.2) is 14.8 Å². The Morgan fingerprint density at radius 1 is 1.33 bits per heavy atom. The van der Waals surface area contributed by atoms with E-state index < -0.39 is 0 Å². The number of aliphatic imine (C=N–C) groups is 1. The van der Waals surface area contributed by atoms with Gasteiger partial charge in [0.2, 0.25) is 0 Å². The Hall–Kier alpha value is -1.65. The van der Waals surface area contributed by atoms with E-state index in [4.69, 9.17) is 0 Å². The van der Waals surface area contributed by atoms with Gasteiger partial charge in [0.25, 0.3) is 5.56 Å². The van der Waals surface area contributed by atoms with Gasteiger partial charge in [0.15, 0.2) is 0 Å². The van der Waals surface area contributed by atoms with Gasteiger partial charge in [-0.25, -0.2) is 9.79 Å². The van der Waals surface area contributed by atoms with E-state index >= 15 is 0 Å². The molecule has 1 aromatic heterocycles. The molecule has 0 spiro atoms. The molecule has 1 fully saturated rings. The lowest BCUT2D eigenvalue weighted by atomic mass is 10.2. The van der Waals surface area contributed by atoms with Crippen LogP contribution >= 0.6 is 0 Å². The van der Waals surface area contributed by atoms with E-state index in [9.17, 15) is 9.59 Å². The van der Waals surface area contributed by atoms with Gasteiger partial charge in [0, 0.05) is 24.7 Å². The zero-order valence-corrected chi connectivity index (χ0v) is 10.8. The lowest BCUT2D eigenvalue weighted by Crippen LogP contribution is -2.40. The van der Waals surface area contributed by atoms with Crippen molar-refractivity contribution in [2.75, 3.05) is 0 Å². The predicted octanol–water partition coefficient (Wildman–Crippen LogP) is 1.40. The monoisotopic (exact) mass is 247 g/mol. The third kappa shape index (κ3) is 1.57. The molecule has 0 N–H and O–H groups in total. The summed E-state index contributed by atoms with van der Waals surface area (Å²) in [6.45, 7) is 4.56. The minimum absolute atomic E-state index is 0.120. The minimum atomic E-state index is -0.179. The fraction of sp³-hybridized carbons (Fsp3) is 0.615. The maximum atomic E-state index is 12.4. The van der Waals surface area contributed by atoms with Gasteiger partial charge in [0.05, 0.1) is 5.56 Å². The molecule has 96 valence electrons. The van der Waals surface area contributed by atoms with Crippen LogP contribution in [0.4, 0.5) is 5.82 Å². The van der Waals surface area contributed by atoms with Crippen LogP contribution in [-0.2, 0) is 13.0 Å². The van der Waals surface area contributed by atoms with E-state index in [1.165, 1.54) is 4.57 Å². The highest BCUT2D eigenvalue weighted by molar-refractivity contribution is 5.91. The number of aromatic nitrogens is 2. The van der Waals surface area contributed by atoms with Crippen LogP contribution in [0.2, 0.25) is 0 Å². The van der Waals surface area contributed by atoms with Gasteiger partial charge in [-0.05, 0) is 26.2 Å². The summed E-state index contributed by atoms with van der Waals surface area (Å²) in [7, 11) is 0. The Morgan fingerprint density at radius 2 is 2.06 bits per heavy atom. The molecule has 0 radical (unpaired) electrons. The van der Waals surface area contributed by atoms with Crippen LogP contribution in [0.25, 0.3) is 0 Å². The van der Waals surface area contributed by atoms with Crippen molar-refractivity contribution < 1.29 is 0 Å². The van der Waals surface area contributed by atoms with Crippen LogP contribution in [0.15, 0.2) is 14.6 Å². The highest BCUT2D eigenvalue weighted by Crippen LogP contribution is 2.33. The summed E-state index contributed by atoms with van der Waals surface area (Å²) in [4.78, 5) is 29.1. The third-order valence-corrected chi connectivity index (χ3v) is 3.53. The predicted molar refractivity (Wildman–Crippen MR) is 70.0 cm³/mol. The first-order chi connectivity index (χ1) is 8.63. The van der Waals surface area contributed by atoms with Gasteiger partial charge in [-0.15, -0.1) is 0 Å². The molecule has 2 aliphatic rings. The summed E-state index contributed by atoms with van der Waals surface area (Å²) in [5.41, 5.74) is 1.32. The standard InChI is InChI=1S/C13H17N3O2/c1-3-6-15-11-10(7-8(2)14-11)12(17)16(13(15)18)9-4-5-9/h9H,3-7H2,1-2H3. The van der Waals surface area contributed by atoms with E-state index in [0.717, 1.165) is 25.0 Å². The normalized spacial score (nSPS) is 17.8. The van der Waals surface area contributed by atoms with Crippen molar-refractivity contribution in [3.8, 4) is 0 Å². The molecule has 5 nitrogen and oxygen atoms in total. The molecular formula is C13H17N3O2. The number of rotatable bonds is 3. The molecule has 5 heteroatoms. The zero-order chi connectivity index (χ0) is 12.9. The van der Waals surface area contributed by atoms with Gasteiger partial charge in [-0.2, -0.15) is 0 Å². The molecular weight excluding hydrogens is 230 g/mol. The summed E-state index contributed by atoms with van der Waals surface area (Å²) in [5.74, 6) is 0.598. The van der Waals surface area contributed by atoms with Gasteiger partial charge in [-0.3, -0.25) is 13.9 Å². The average molecular weight is 247 g/mol. The highest BCUT2D eigenvalue weighted by atomic mass is 16.2. The smallest absolute Gasteiger partial charge is 0.278 e. The maximum absolute atomic E-state index is 12.4. The number of nitrogens with zero attached hydrogens (tertiary/aromatic N) is 3. The number of fused-ring (bicyclic) bond motifs is 1. The fourth-order valence-corrected chi connectivity index (χ4v) is 2.55. The topological polar surface area (TPSA) is 56.4 Å². The quantitative estimate of drug-likeness (QED) is 0.810. The van der Waals surface area contributed by atoms with Crippen molar-refractivity contribution in [2.24, 2.45) is 4.99 Å². The zero-order valence-electron chi connectivity index (χ0n) is 10.8. The number of hydrogen-bond donors (Lipinski definition) is 0. The summed E-state index contributed by atoms with van der Waals surface area (Å²) in [6, 6.07) is 0.124. The summed E-state index contributed by atoms with van der Waals surface area (Å²) in [5, 5.41) is 0. The van der Waals surface area contributed by atoms with Gasteiger partial charge >= 0.3 is 5.69 Å². The SMILES string of the molecule is CCCn1c2c(c(=O)n(C3CC3)c1=O)CC(C)=N2. The van der Waals surface area contributed by atoms with Gasteiger partial charge in [0.1, 0.15) is 5.82 Å². The lowest BCUT2D eigenvalue weighted by molar-refractivity contribution is 0.554. The first kappa shape index (κ1) is 11.4. The molecule has 1 aromatic rings. The Bertz CT molecular complexity index is 647. The molecule has 1 aliphatic carbocycles. The first-order valence-corrected chi connectivity index (χ1v) is 6.56. The molecule has 0 unspecified atom stereocenters. The van der Waals surface area contributed by atoms with Crippen molar-refractivity contribution in [3.63, 3.8) is 0 Å². The molecule has 1 saturated carbocycles. The second kappa shape index (κ2) is 3.93. The Balaban J connectivity index is 2.30. The van der Waals surface area contributed by atoms with Crippen LogP contribution in [0, 0.1) is 0 Å². The minimum Gasteiger partial charge on any atom is -0.278 e. The molecule has 1 aliphatic heterocycles. The third-order valence-electron chi connectivity index (χ3n) is 3.53. The van der Waals surface area contributed by atoms with E-state index in [2.05, 4.69) is 4.99 Å². The molecule has 0 saturated heterocycles. The summed E-state index contributed by atoms with van der Waals surface area (Å²) < 4.78 is 3.12. The number of hydrogen-bond acceptors (Lipinski definition) is 3. The molecule has 0 amide bonds. The Morgan fingerprint density at radius 3 is 2.67 bits per heavy atom. The van der Waals surface area contributed by atoms with Crippen molar-refractivity contribution >= 4 is 11.5 Å². The largest absolute Gasteiger partial charge is 0.332 e. The molecule has 2 heterocycles. The summed E-state index contributed by atoms with van der Waals surface area (Å²) >= 11 is 0. The van der Waals surface area contributed by atoms with Crippen molar-refractivity contribution in [1.29, 1.82) is 0 Å². The molecule has 0 atom stereocenters. The molecule has 3 rings (SSSR count). The van der Waals surface area contributed by atoms with Crippen molar-refractivity contribution in [3.05, 3.63) is 26.4 Å². The maximum Gasteiger partial charge on any atom is 0.332 e. The van der Waals surface area contributed by atoms with Crippen molar-refractivity contribution in [1.82, 2.24) is 9.13 Å².